The maximum Gasteiger partial charge on any atom is 0.256 e. The fraction of sp³-hybridized carbons (Fsp3) is 0.250. The van der Waals surface area contributed by atoms with Gasteiger partial charge in [-0.05, 0) is 23.6 Å². The van der Waals surface area contributed by atoms with Gasteiger partial charge in [-0.25, -0.2) is 4.98 Å². The number of carbonyl (C=O) groups excluding carboxylic acids is 1. The molecule has 1 N–H and O–H groups in total. The number of amides is 1. The molecule has 1 aromatic heterocycles. The van der Waals surface area contributed by atoms with E-state index in [0.29, 0.717) is 24.5 Å². The van der Waals surface area contributed by atoms with Gasteiger partial charge in [0.1, 0.15) is 5.82 Å². The van der Waals surface area contributed by atoms with Gasteiger partial charge < -0.3 is 15.0 Å². The molecule has 0 saturated carbocycles. The number of nitrogens with one attached hydrogen (secondary N) is 1. The highest BCUT2D eigenvalue weighted by Gasteiger charge is 2.26. The minimum absolute atomic E-state index is 0.231. The third-order valence-corrected chi connectivity index (χ3v) is 3.60. The Morgan fingerprint density at radius 2 is 2.22 bits per heavy atom. The predicted molar refractivity (Wildman–Crippen MR) is 82.0 cm³/mol. The van der Waals surface area contributed by atoms with Gasteiger partial charge in [0, 0.05) is 11.6 Å². The number of anilines is 1. The SMILES string of the molecule is N#Cc1ccc2cnc(NC(=O)C3CN(C#N)CCO3)cc2c1. The van der Waals surface area contributed by atoms with Crippen LogP contribution in [0.4, 0.5) is 5.82 Å². The number of nitriles is 2. The molecule has 1 amide bonds. The summed E-state index contributed by atoms with van der Waals surface area (Å²) in [4.78, 5) is 17.9. The van der Waals surface area contributed by atoms with Crippen molar-refractivity contribution in [2.45, 2.75) is 6.10 Å². The van der Waals surface area contributed by atoms with E-state index in [1.165, 1.54) is 4.90 Å². The Bertz CT molecular complexity index is 836. The first-order valence-corrected chi connectivity index (χ1v) is 7.06. The van der Waals surface area contributed by atoms with Crippen molar-refractivity contribution in [2.24, 2.45) is 0 Å². The summed E-state index contributed by atoms with van der Waals surface area (Å²) in [5.74, 6) is 0.0449. The second kappa shape index (κ2) is 6.30. The van der Waals surface area contributed by atoms with Crippen molar-refractivity contribution in [3.63, 3.8) is 0 Å². The maximum atomic E-state index is 12.2. The van der Waals surface area contributed by atoms with Crippen molar-refractivity contribution in [1.82, 2.24) is 9.88 Å². The summed E-state index contributed by atoms with van der Waals surface area (Å²) >= 11 is 0. The summed E-state index contributed by atoms with van der Waals surface area (Å²) in [5.41, 5.74) is 0.543. The van der Waals surface area contributed by atoms with Gasteiger partial charge in [-0.1, -0.05) is 6.07 Å². The summed E-state index contributed by atoms with van der Waals surface area (Å²) in [6, 6.07) is 9.05. The topological polar surface area (TPSA) is 102 Å². The lowest BCUT2D eigenvalue weighted by atomic mass is 10.1. The zero-order valence-corrected chi connectivity index (χ0v) is 12.2. The van der Waals surface area contributed by atoms with Crippen LogP contribution in [0.15, 0.2) is 30.5 Å². The Morgan fingerprint density at radius 1 is 1.35 bits per heavy atom. The van der Waals surface area contributed by atoms with E-state index in [4.69, 9.17) is 15.3 Å². The molecule has 0 bridgehead atoms. The Balaban J connectivity index is 1.77. The van der Waals surface area contributed by atoms with Gasteiger partial charge in [-0.15, -0.1) is 0 Å². The number of nitrogens with zero attached hydrogens (tertiary/aromatic N) is 4. The standard InChI is InChI=1S/C16H13N5O2/c17-7-11-1-2-12-8-19-15(6-13(12)5-11)20-16(22)14-9-21(10-18)3-4-23-14/h1-2,5-6,8,14H,3-4,9H2,(H,19,20,22). The summed E-state index contributed by atoms with van der Waals surface area (Å²) in [6.45, 7) is 1.06. The van der Waals surface area contributed by atoms with E-state index in [0.717, 1.165) is 10.8 Å². The number of aromatic nitrogens is 1. The van der Waals surface area contributed by atoms with Crippen molar-refractivity contribution in [2.75, 3.05) is 25.0 Å². The summed E-state index contributed by atoms with van der Waals surface area (Å²) in [6.07, 6.45) is 2.95. The van der Waals surface area contributed by atoms with Crippen LogP contribution in [0, 0.1) is 22.8 Å². The van der Waals surface area contributed by atoms with Gasteiger partial charge in [0.15, 0.2) is 12.3 Å². The number of benzene rings is 1. The fourth-order valence-corrected chi connectivity index (χ4v) is 2.38. The molecule has 1 saturated heterocycles. The average Bonchev–Trinajstić information content (AvgIpc) is 2.61. The van der Waals surface area contributed by atoms with Gasteiger partial charge in [0.05, 0.1) is 31.3 Å². The van der Waals surface area contributed by atoms with E-state index in [2.05, 4.69) is 16.4 Å². The first-order chi connectivity index (χ1) is 11.2. The number of hydrogen-bond donors (Lipinski definition) is 1. The highest BCUT2D eigenvalue weighted by Crippen LogP contribution is 2.18. The monoisotopic (exact) mass is 307 g/mol. The largest absolute Gasteiger partial charge is 0.365 e. The minimum Gasteiger partial charge on any atom is -0.365 e. The normalized spacial score (nSPS) is 17.3. The molecule has 1 atom stereocenters. The average molecular weight is 307 g/mol. The molecule has 3 rings (SSSR count). The van der Waals surface area contributed by atoms with Crippen molar-refractivity contribution in [3.05, 3.63) is 36.0 Å². The number of carbonyl (C=O) groups is 1. The van der Waals surface area contributed by atoms with Crippen LogP contribution in [-0.2, 0) is 9.53 Å². The molecule has 114 valence electrons. The van der Waals surface area contributed by atoms with Gasteiger partial charge in [0.25, 0.3) is 5.91 Å². The molecule has 7 nitrogen and oxygen atoms in total. The molecular formula is C16H13N5O2. The van der Waals surface area contributed by atoms with E-state index in [-0.39, 0.29) is 12.5 Å². The maximum absolute atomic E-state index is 12.2. The molecule has 2 aromatic rings. The highest BCUT2D eigenvalue weighted by molar-refractivity contribution is 5.95. The first-order valence-electron chi connectivity index (χ1n) is 7.06. The number of fused-ring (bicyclic) bond motifs is 1. The molecule has 1 aromatic carbocycles. The number of morpholine rings is 1. The third-order valence-electron chi connectivity index (χ3n) is 3.60. The van der Waals surface area contributed by atoms with E-state index >= 15 is 0 Å². The molecule has 1 fully saturated rings. The molecule has 0 aliphatic carbocycles. The second-order valence-electron chi connectivity index (χ2n) is 5.14. The van der Waals surface area contributed by atoms with Crippen molar-refractivity contribution in [1.29, 1.82) is 10.5 Å². The van der Waals surface area contributed by atoms with Crippen molar-refractivity contribution in [3.8, 4) is 12.3 Å². The smallest absolute Gasteiger partial charge is 0.256 e. The molecule has 1 unspecified atom stereocenters. The van der Waals surface area contributed by atoms with Crippen LogP contribution in [0.25, 0.3) is 10.8 Å². The lowest BCUT2D eigenvalue weighted by Crippen LogP contribution is -2.46. The molecular weight excluding hydrogens is 294 g/mol. The van der Waals surface area contributed by atoms with Crippen LogP contribution in [0.3, 0.4) is 0 Å². The number of hydrogen-bond acceptors (Lipinski definition) is 6. The predicted octanol–water partition coefficient (Wildman–Crippen LogP) is 1.23. The Morgan fingerprint density at radius 3 is 3.00 bits per heavy atom. The van der Waals surface area contributed by atoms with Crippen LogP contribution < -0.4 is 5.32 Å². The molecule has 23 heavy (non-hydrogen) atoms. The number of ether oxygens (including phenoxy) is 1. The fourth-order valence-electron chi connectivity index (χ4n) is 2.38. The van der Waals surface area contributed by atoms with Crippen LogP contribution in [0.2, 0.25) is 0 Å². The lowest BCUT2D eigenvalue weighted by molar-refractivity contribution is -0.131. The molecule has 7 heteroatoms. The first kappa shape index (κ1) is 14.8. The van der Waals surface area contributed by atoms with Crippen LogP contribution in [0.5, 0.6) is 0 Å². The number of rotatable bonds is 2. The van der Waals surface area contributed by atoms with Crippen LogP contribution >= 0.6 is 0 Å². The molecule has 2 heterocycles. The Kier molecular flexibility index (Phi) is 4.05. The summed E-state index contributed by atoms with van der Waals surface area (Å²) in [5, 5.41) is 22.2. The van der Waals surface area contributed by atoms with Gasteiger partial charge >= 0.3 is 0 Å². The molecule has 1 aliphatic heterocycles. The second-order valence-corrected chi connectivity index (χ2v) is 5.14. The van der Waals surface area contributed by atoms with E-state index < -0.39 is 6.10 Å². The third kappa shape index (κ3) is 3.20. The molecule has 1 aliphatic rings. The Labute approximate surface area is 132 Å². The van der Waals surface area contributed by atoms with Crippen molar-refractivity contribution < 1.29 is 9.53 Å². The van der Waals surface area contributed by atoms with E-state index in [1.54, 1.807) is 24.4 Å². The molecule has 0 radical (unpaired) electrons. The zero-order valence-electron chi connectivity index (χ0n) is 12.2. The van der Waals surface area contributed by atoms with Gasteiger partial charge in [0.2, 0.25) is 0 Å². The van der Waals surface area contributed by atoms with Gasteiger partial charge in [-0.3, -0.25) is 4.79 Å². The van der Waals surface area contributed by atoms with Gasteiger partial charge in [-0.2, -0.15) is 10.5 Å². The zero-order chi connectivity index (χ0) is 16.2. The quantitative estimate of drug-likeness (QED) is 0.837. The summed E-state index contributed by atoms with van der Waals surface area (Å²) in [7, 11) is 0. The molecule has 0 spiro atoms. The van der Waals surface area contributed by atoms with Crippen LogP contribution in [-0.4, -0.2) is 41.6 Å². The number of pyridine rings is 1. The van der Waals surface area contributed by atoms with Crippen LogP contribution in [0.1, 0.15) is 5.56 Å². The van der Waals surface area contributed by atoms with Crippen molar-refractivity contribution >= 4 is 22.5 Å². The van der Waals surface area contributed by atoms with E-state index in [1.807, 2.05) is 12.3 Å². The summed E-state index contributed by atoms with van der Waals surface area (Å²) < 4.78 is 5.39. The lowest BCUT2D eigenvalue weighted by Gasteiger charge is -2.28. The minimum atomic E-state index is -0.702. The Hall–Kier alpha value is -3.16. The van der Waals surface area contributed by atoms with E-state index in [9.17, 15) is 4.79 Å². The highest BCUT2D eigenvalue weighted by atomic mass is 16.5.